The van der Waals surface area contributed by atoms with E-state index in [0.717, 1.165) is 16.5 Å². The van der Waals surface area contributed by atoms with E-state index >= 15 is 0 Å². The molecular weight excluding hydrogens is 294 g/mol. The maximum atomic E-state index is 12.1. The van der Waals surface area contributed by atoms with Crippen LogP contribution in [0.2, 0.25) is 0 Å². The lowest BCUT2D eigenvalue weighted by molar-refractivity contribution is 0.0655. The van der Waals surface area contributed by atoms with Gasteiger partial charge in [-0.15, -0.1) is 10.2 Å². The number of rotatable bonds is 5. The van der Waals surface area contributed by atoms with Gasteiger partial charge in [0.15, 0.2) is 4.34 Å². The molecule has 1 aromatic heterocycles. The van der Waals surface area contributed by atoms with Gasteiger partial charge < -0.3 is 0 Å². The average molecular weight is 305 g/mol. The smallest absolute Gasteiger partial charge is 0.261 e. The van der Waals surface area contributed by atoms with Gasteiger partial charge in [-0.05, 0) is 18.6 Å². The summed E-state index contributed by atoms with van der Waals surface area (Å²) in [6, 6.07) is 6.95. The molecule has 0 aliphatic carbocycles. The van der Waals surface area contributed by atoms with Crippen LogP contribution in [0.4, 0.5) is 0 Å². The van der Waals surface area contributed by atoms with Crippen molar-refractivity contribution in [1.29, 1.82) is 0 Å². The Balaban J connectivity index is 1.57. The van der Waals surface area contributed by atoms with E-state index in [1.807, 2.05) is 0 Å². The molecule has 0 fully saturated rings. The van der Waals surface area contributed by atoms with Gasteiger partial charge in [0, 0.05) is 12.3 Å². The zero-order valence-corrected chi connectivity index (χ0v) is 12.1. The molecule has 3 rings (SSSR count). The highest BCUT2D eigenvalue weighted by Gasteiger charge is 2.34. The van der Waals surface area contributed by atoms with Crippen molar-refractivity contribution in [1.82, 2.24) is 15.1 Å². The number of nitrogens with zero attached hydrogens (tertiary/aromatic N) is 3. The van der Waals surface area contributed by atoms with E-state index in [1.165, 1.54) is 16.2 Å². The molecule has 0 atom stereocenters. The van der Waals surface area contributed by atoms with Crippen LogP contribution in [0.15, 0.2) is 34.1 Å². The van der Waals surface area contributed by atoms with Crippen molar-refractivity contribution in [2.24, 2.45) is 0 Å². The van der Waals surface area contributed by atoms with E-state index < -0.39 is 0 Å². The molecule has 0 radical (unpaired) electrons. The van der Waals surface area contributed by atoms with Crippen molar-refractivity contribution in [3.63, 3.8) is 0 Å². The number of hydrogen-bond acceptors (Lipinski definition) is 6. The van der Waals surface area contributed by atoms with Crippen molar-refractivity contribution >= 4 is 34.9 Å². The van der Waals surface area contributed by atoms with Gasteiger partial charge in [-0.1, -0.05) is 35.2 Å². The number of aromatic nitrogens is 2. The summed E-state index contributed by atoms with van der Waals surface area (Å²) in [5, 5.41) is 7.69. The van der Waals surface area contributed by atoms with Crippen LogP contribution in [0.3, 0.4) is 0 Å². The van der Waals surface area contributed by atoms with Crippen LogP contribution < -0.4 is 0 Å². The first-order chi connectivity index (χ1) is 9.77. The Morgan fingerprint density at radius 1 is 1.15 bits per heavy atom. The van der Waals surface area contributed by atoms with Gasteiger partial charge in [-0.3, -0.25) is 14.5 Å². The Morgan fingerprint density at radius 3 is 2.45 bits per heavy atom. The van der Waals surface area contributed by atoms with Crippen LogP contribution in [-0.2, 0) is 0 Å². The third-order valence-electron chi connectivity index (χ3n) is 2.97. The molecule has 7 heteroatoms. The molecule has 0 bridgehead atoms. The van der Waals surface area contributed by atoms with Crippen molar-refractivity contribution in [3.05, 3.63) is 40.9 Å². The average Bonchev–Trinajstić information content (AvgIpc) is 3.06. The third-order valence-corrected chi connectivity index (χ3v) is 4.92. The molecule has 0 N–H and O–H groups in total. The molecule has 0 saturated carbocycles. The first kappa shape index (κ1) is 13.3. The number of amides is 2. The molecule has 1 aliphatic heterocycles. The highest BCUT2D eigenvalue weighted by Crippen LogP contribution is 2.24. The number of imide groups is 1. The van der Waals surface area contributed by atoms with Gasteiger partial charge in [0.05, 0.1) is 11.1 Å². The molecule has 102 valence electrons. The molecule has 20 heavy (non-hydrogen) atoms. The second-order valence-electron chi connectivity index (χ2n) is 4.21. The van der Waals surface area contributed by atoms with Gasteiger partial charge in [-0.2, -0.15) is 0 Å². The molecule has 0 spiro atoms. The fraction of sp³-hybridized carbons (Fsp3) is 0.231. The van der Waals surface area contributed by atoms with Crippen LogP contribution in [0.1, 0.15) is 27.1 Å². The highest BCUT2D eigenvalue weighted by molar-refractivity contribution is 8.00. The monoisotopic (exact) mass is 305 g/mol. The zero-order chi connectivity index (χ0) is 13.9. The summed E-state index contributed by atoms with van der Waals surface area (Å²) < 4.78 is 0.910. The second-order valence-corrected chi connectivity index (χ2v) is 6.39. The van der Waals surface area contributed by atoms with Crippen LogP contribution in [0.25, 0.3) is 0 Å². The van der Waals surface area contributed by atoms with Crippen molar-refractivity contribution in [3.8, 4) is 0 Å². The van der Waals surface area contributed by atoms with Gasteiger partial charge in [0.25, 0.3) is 11.8 Å². The fourth-order valence-electron chi connectivity index (χ4n) is 2.05. The van der Waals surface area contributed by atoms with Gasteiger partial charge in [-0.25, -0.2) is 0 Å². The standard InChI is InChI=1S/C13H11N3O2S2/c17-11-9-4-1-2-5-10(9)12(18)16(11)6-3-7-19-13-15-14-8-20-13/h1-2,4-5,8H,3,6-7H2. The van der Waals surface area contributed by atoms with Crippen molar-refractivity contribution in [2.75, 3.05) is 12.3 Å². The Labute approximate surface area is 124 Å². The lowest BCUT2D eigenvalue weighted by Crippen LogP contribution is -2.30. The van der Waals surface area contributed by atoms with Crippen molar-refractivity contribution in [2.45, 2.75) is 10.8 Å². The quantitative estimate of drug-likeness (QED) is 0.482. The first-order valence-electron chi connectivity index (χ1n) is 6.11. The minimum absolute atomic E-state index is 0.188. The Kier molecular flexibility index (Phi) is 3.79. The molecular formula is C13H11N3O2S2. The lowest BCUT2D eigenvalue weighted by Gasteiger charge is -2.12. The summed E-state index contributed by atoms with van der Waals surface area (Å²) in [6.45, 7) is 0.443. The highest BCUT2D eigenvalue weighted by atomic mass is 32.2. The molecule has 5 nitrogen and oxygen atoms in total. The minimum Gasteiger partial charge on any atom is -0.274 e. The van der Waals surface area contributed by atoms with Crippen molar-refractivity contribution < 1.29 is 9.59 Å². The molecule has 1 aromatic carbocycles. The molecule has 2 aromatic rings. The predicted molar refractivity (Wildman–Crippen MR) is 77.1 cm³/mol. The molecule has 2 amide bonds. The van der Waals surface area contributed by atoms with Crippen LogP contribution in [-0.4, -0.2) is 39.2 Å². The van der Waals surface area contributed by atoms with E-state index in [-0.39, 0.29) is 11.8 Å². The molecule has 0 saturated heterocycles. The number of hydrogen-bond donors (Lipinski definition) is 0. The summed E-state index contributed by atoms with van der Waals surface area (Å²) >= 11 is 3.08. The molecule has 0 unspecified atom stereocenters. The first-order valence-corrected chi connectivity index (χ1v) is 7.98. The van der Waals surface area contributed by atoms with Crippen LogP contribution >= 0.6 is 23.1 Å². The summed E-state index contributed by atoms with van der Waals surface area (Å²) in [7, 11) is 0. The second kappa shape index (κ2) is 5.72. The zero-order valence-electron chi connectivity index (χ0n) is 10.5. The Morgan fingerprint density at radius 2 is 1.85 bits per heavy atom. The number of benzene rings is 1. The maximum absolute atomic E-state index is 12.1. The number of carbonyl (C=O) groups is 2. The van der Waals surface area contributed by atoms with Gasteiger partial charge in [0.2, 0.25) is 0 Å². The molecule has 1 aliphatic rings. The van der Waals surface area contributed by atoms with Crippen LogP contribution in [0.5, 0.6) is 0 Å². The van der Waals surface area contributed by atoms with E-state index in [0.29, 0.717) is 17.7 Å². The summed E-state index contributed by atoms with van der Waals surface area (Å²) in [5.74, 6) is 0.431. The topological polar surface area (TPSA) is 63.2 Å². The number of thioether (sulfide) groups is 1. The van der Waals surface area contributed by atoms with E-state index in [2.05, 4.69) is 10.2 Å². The minimum atomic E-state index is -0.188. The van der Waals surface area contributed by atoms with Crippen LogP contribution in [0, 0.1) is 0 Å². The maximum Gasteiger partial charge on any atom is 0.261 e. The summed E-state index contributed by atoms with van der Waals surface area (Å²) in [6.07, 6.45) is 0.746. The fourth-order valence-corrected chi connectivity index (χ4v) is 3.53. The summed E-state index contributed by atoms with van der Waals surface area (Å²) in [5.41, 5.74) is 2.70. The SMILES string of the molecule is O=C1c2ccccc2C(=O)N1CCCSc1nncs1. The largest absolute Gasteiger partial charge is 0.274 e. The Hall–Kier alpha value is -1.73. The van der Waals surface area contributed by atoms with E-state index in [9.17, 15) is 9.59 Å². The lowest BCUT2D eigenvalue weighted by atomic mass is 10.1. The predicted octanol–water partition coefficient (Wildman–Crippen LogP) is 2.32. The molecule has 2 heterocycles. The van der Waals surface area contributed by atoms with Gasteiger partial charge >= 0.3 is 0 Å². The number of carbonyl (C=O) groups excluding carboxylic acids is 2. The summed E-state index contributed by atoms with van der Waals surface area (Å²) in [4.78, 5) is 25.5. The third kappa shape index (κ3) is 2.46. The normalized spacial score (nSPS) is 13.9. The van der Waals surface area contributed by atoms with E-state index in [1.54, 1.807) is 41.5 Å². The Bertz CT molecular complexity index is 608. The van der Waals surface area contributed by atoms with E-state index in [4.69, 9.17) is 0 Å². The van der Waals surface area contributed by atoms with Gasteiger partial charge in [0.1, 0.15) is 5.51 Å². The number of fused-ring (bicyclic) bond motifs is 1.